The summed E-state index contributed by atoms with van der Waals surface area (Å²) in [4.78, 5) is 0. The van der Waals surface area contributed by atoms with Gasteiger partial charge in [0.2, 0.25) is 0 Å². The van der Waals surface area contributed by atoms with Gasteiger partial charge in [-0.05, 0) is 128 Å². The minimum absolute atomic E-state index is 0.000456. The fraction of sp³-hybridized carbons (Fsp3) is 1.00. The summed E-state index contributed by atoms with van der Waals surface area (Å²) in [6.45, 7) is 16.7. The summed E-state index contributed by atoms with van der Waals surface area (Å²) in [5, 5.41) is 118. The molecule has 370 valence electrons. The smallest absolute Gasteiger partial charge is 0.187 e. The van der Waals surface area contributed by atoms with E-state index in [1.54, 1.807) is 0 Å². The highest BCUT2D eigenvalue weighted by Crippen LogP contribution is 2.78. The van der Waals surface area contributed by atoms with Gasteiger partial charge in [0.15, 0.2) is 18.9 Å². The van der Waals surface area contributed by atoms with E-state index in [0.717, 1.165) is 51.4 Å². The van der Waals surface area contributed by atoms with Crippen LogP contribution in [-0.4, -0.2) is 180 Å². The van der Waals surface area contributed by atoms with Gasteiger partial charge in [0.05, 0.1) is 37.6 Å². The fourth-order valence-corrected chi connectivity index (χ4v) is 16.4. The Bertz CT molecular complexity index is 1650. The van der Waals surface area contributed by atoms with E-state index in [1.165, 1.54) is 0 Å². The molecular weight excluding hydrogens is 836 g/mol. The van der Waals surface area contributed by atoms with Gasteiger partial charge in [0.25, 0.3) is 0 Å². The Morgan fingerprint density at radius 3 is 1.80 bits per heavy atom. The Kier molecular flexibility index (Phi) is 13.5. The van der Waals surface area contributed by atoms with Crippen molar-refractivity contribution in [2.45, 2.75) is 217 Å². The van der Waals surface area contributed by atoms with Gasteiger partial charge in [-0.3, -0.25) is 0 Å². The zero-order valence-electron chi connectivity index (χ0n) is 39.0. The van der Waals surface area contributed by atoms with Crippen molar-refractivity contribution in [3.63, 3.8) is 0 Å². The van der Waals surface area contributed by atoms with Gasteiger partial charge in [-0.2, -0.15) is 0 Å². The number of rotatable bonds is 9. The average Bonchev–Trinajstić information content (AvgIpc) is 3.61. The van der Waals surface area contributed by atoms with Crippen molar-refractivity contribution < 1.29 is 84.6 Å². The van der Waals surface area contributed by atoms with Gasteiger partial charge >= 0.3 is 0 Å². The molecule has 5 saturated carbocycles. The lowest BCUT2D eigenvalue weighted by molar-refractivity contribution is -0.370. The molecule has 17 nitrogen and oxygen atoms in total. The van der Waals surface area contributed by atoms with Gasteiger partial charge in [-0.15, -0.1) is 0 Å². The molecule has 8 aliphatic rings. The molecule has 64 heavy (non-hydrogen) atoms. The van der Waals surface area contributed by atoms with Crippen molar-refractivity contribution in [3.8, 4) is 0 Å². The third-order valence-corrected chi connectivity index (χ3v) is 19.9. The summed E-state index contributed by atoms with van der Waals surface area (Å²) in [5.74, 6) is 0.786. The quantitative estimate of drug-likeness (QED) is 0.139. The Morgan fingerprint density at radius 2 is 1.14 bits per heavy atom. The average molecular weight is 917 g/mol. The summed E-state index contributed by atoms with van der Waals surface area (Å²) in [5.41, 5.74) is -1.68. The molecule has 8 fully saturated rings. The molecule has 25 atom stereocenters. The van der Waals surface area contributed by atoms with Crippen LogP contribution in [0.25, 0.3) is 0 Å². The highest BCUT2D eigenvalue weighted by atomic mass is 16.7. The van der Waals surface area contributed by atoms with E-state index < -0.39 is 111 Å². The SMILES string of the molecule is CC(C)(O[C@@H]1O[C@H](CO)[C@H](O[C@@H]2O[C@H](CO)[C@H](O)[C@H](O)[C@H]2O)[C@H](O)[C@H]1O)[C@@H]1CC[C@@]2(C)[C@H]1[C@@H](O)C[C@]1(C)[C@@H]2CC[C@@H]2[C@]3(C)CC[C@H](O[C@@H]4OC[C@H](O)[C@H](O)[C@H]4O)C(C)(C)[C@H]3CC[C@]21C. The van der Waals surface area contributed by atoms with Crippen LogP contribution in [0, 0.1) is 56.7 Å². The molecule has 0 radical (unpaired) electrons. The second-order valence-electron chi connectivity index (χ2n) is 23.5. The molecule has 3 aliphatic heterocycles. The second-order valence-corrected chi connectivity index (χ2v) is 23.5. The van der Waals surface area contributed by atoms with Gasteiger partial charge in [-0.1, -0.05) is 41.5 Å². The fourth-order valence-electron chi connectivity index (χ4n) is 16.4. The zero-order valence-corrected chi connectivity index (χ0v) is 39.0. The summed E-state index contributed by atoms with van der Waals surface area (Å²) >= 11 is 0. The first kappa shape index (κ1) is 49.7. The van der Waals surface area contributed by atoms with E-state index in [4.69, 9.17) is 28.4 Å². The highest BCUT2D eigenvalue weighted by molar-refractivity contribution is 5.21. The lowest BCUT2D eigenvalue weighted by atomic mass is 9.31. The molecule has 11 N–H and O–H groups in total. The van der Waals surface area contributed by atoms with Crippen molar-refractivity contribution >= 4 is 0 Å². The van der Waals surface area contributed by atoms with Crippen molar-refractivity contribution in [2.24, 2.45) is 56.7 Å². The summed E-state index contributed by atoms with van der Waals surface area (Å²) in [6.07, 6.45) is -13.1. The van der Waals surface area contributed by atoms with Gasteiger partial charge in [0.1, 0.15) is 67.1 Å². The van der Waals surface area contributed by atoms with Crippen LogP contribution in [-0.2, 0) is 28.4 Å². The van der Waals surface area contributed by atoms with Gasteiger partial charge in [0, 0.05) is 0 Å². The maximum absolute atomic E-state index is 12.6. The molecule has 3 saturated heterocycles. The highest BCUT2D eigenvalue weighted by Gasteiger charge is 2.73. The van der Waals surface area contributed by atoms with E-state index in [1.807, 2.05) is 13.8 Å². The number of hydrogen-bond donors (Lipinski definition) is 11. The van der Waals surface area contributed by atoms with Gasteiger partial charge in [-0.25, -0.2) is 0 Å². The van der Waals surface area contributed by atoms with E-state index in [9.17, 15) is 56.2 Å². The van der Waals surface area contributed by atoms with E-state index in [0.29, 0.717) is 24.2 Å². The first-order valence-corrected chi connectivity index (χ1v) is 24.1. The van der Waals surface area contributed by atoms with Crippen molar-refractivity contribution in [2.75, 3.05) is 19.8 Å². The molecule has 17 heteroatoms. The van der Waals surface area contributed by atoms with Crippen LogP contribution in [0.3, 0.4) is 0 Å². The Hall–Kier alpha value is -0.680. The Labute approximate surface area is 377 Å². The van der Waals surface area contributed by atoms with Crippen LogP contribution in [0.15, 0.2) is 0 Å². The van der Waals surface area contributed by atoms with Crippen molar-refractivity contribution in [1.29, 1.82) is 0 Å². The molecule has 5 aliphatic carbocycles. The normalized spacial score (nSPS) is 56.4. The first-order chi connectivity index (χ1) is 29.8. The van der Waals surface area contributed by atoms with Crippen LogP contribution >= 0.6 is 0 Å². The number of fused-ring (bicyclic) bond motifs is 7. The standard InChI is InChI=1S/C47H80O17/c1-42(2)26-12-16-46(7)27(44(26,5)15-13-29(42)62-39-35(56)31(52)23(51)20-59-39)9-10-28-45(6)14-11-21(30(45)22(50)17-47(28,46)8)43(3,4)64-41-37(58)34(55)38(25(19-49)61-41)63-40-36(57)33(54)32(53)24(18-48)60-40/h21-41,48-58H,9-20H2,1-8H3/t21-,22+,23+,24-,25-,26-,27-,28-,29+,30-,31+,32+,33+,34-,35-,36-,37-,38+,39+,40+,41+,44-,45-,46-,47-/m1/s1. The molecule has 0 aromatic rings. The maximum Gasteiger partial charge on any atom is 0.187 e. The summed E-state index contributed by atoms with van der Waals surface area (Å²) in [6, 6.07) is 0. The van der Waals surface area contributed by atoms with Crippen LogP contribution < -0.4 is 0 Å². The molecule has 0 spiro atoms. The van der Waals surface area contributed by atoms with Crippen LogP contribution in [0.5, 0.6) is 0 Å². The second kappa shape index (κ2) is 17.3. The van der Waals surface area contributed by atoms with Crippen molar-refractivity contribution in [1.82, 2.24) is 0 Å². The maximum atomic E-state index is 12.6. The molecule has 8 rings (SSSR count). The number of aliphatic hydroxyl groups excluding tert-OH is 11. The Morgan fingerprint density at radius 1 is 0.547 bits per heavy atom. The molecule has 0 aromatic heterocycles. The van der Waals surface area contributed by atoms with E-state index >= 15 is 0 Å². The lowest BCUT2D eigenvalue weighted by Crippen LogP contribution is -2.69. The van der Waals surface area contributed by atoms with Gasteiger partial charge < -0.3 is 84.6 Å². The van der Waals surface area contributed by atoms with E-state index in [2.05, 4.69) is 41.5 Å². The topological polar surface area (TPSA) is 278 Å². The summed E-state index contributed by atoms with van der Waals surface area (Å²) in [7, 11) is 0. The minimum atomic E-state index is -1.77. The van der Waals surface area contributed by atoms with E-state index in [-0.39, 0.29) is 51.6 Å². The molecule has 0 bridgehead atoms. The third kappa shape index (κ3) is 7.51. The van der Waals surface area contributed by atoms with Crippen LogP contribution in [0.4, 0.5) is 0 Å². The number of aliphatic hydroxyl groups is 11. The zero-order chi connectivity index (χ0) is 46.9. The van der Waals surface area contributed by atoms with Crippen molar-refractivity contribution in [3.05, 3.63) is 0 Å². The molecule has 0 amide bonds. The molecule has 3 heterocycles. The predicted molar refractivity (Wildman–Crippen MR) is 225 cm³/mol. The van der Waals surface area contributed by atoms with Crippen LogP contribution in [0.2, 0.25) is 0 Å². The summed E-state index contributed by atoms with van der Waals surface area (Å²) < 4.78 is 36.1. The molecule has 0 unspecified atom stereocenters. The minimum Gasteiger partial charge on any atom is -0.394 e. The molecule has 0 aromatic carbocycles. The number of hydrogen-bond acceptors (Lipinski definition) is 17. The largest absolute Gasteiger partial charge is 0.394 e. The Balaban J connectivity index is 0.963. The lowest BCUT2D eigenvalue weighted by Gasteiger charge is -2.74. The number of ether oxygens (including phenoxy) is 6. The third-order valence-electron chi connectivity index (χ3n) is 19.9. The van der Waals surface area contributed by atoms with Crippen LogP contribution in [0.1, 0.15) is 113 Å². The monoisotopic (exact) mass is 917 g/mol. The first-order valence-electron chi connectivity index (χ1n) is 24.1. The molecular formula is C47H80O17. The predicted octanol–water partition coefficient (Wildman–Crippen LogP) is 0.302.